The highest BCUT2D eigenvalue weighted by molar-refractivity contribution is 5.96. The van der Waals surface area contributed by atoms with Crippen LogP contribution in [0.4, 0.5) is 4.79 Å². The fourth-order valence-electron chi connectivity index (χ4n) is 2.21. The third-order valence-corrected chi connectivity index (χ3v) is 3.03. The van der Waals surface area contributed by atoms with E-state index >= 15 is 0 Å². The first-order chi connectivity index (χ1) is 8.79. The van der Waals surface area contributed by atoms with Crippen LogP contribution < -0.4 is 10.6 Å². The summed E-state index contributed by atoms with van der Waals surface area (Å²) in [5, 5.41) is 5.00. The van der Waals surface area contributed by atoms with E-state index in [1.54, 1.807) is 0 Å². The third-order valence-electron chi connectivity index (χ3n) is 3.03. The van der Waals surface area contributed by atoms with Crippen LogP contribution in [-0.4, -0.2) is 54.2 Å². The molecule has 0 saturated carbocycles. The summed E-state index contributed by atoms with van der Waals surface area (Å²) in [7, 11) is 0. The molecular formula is C13H25N3O3. The van der Waals surface area contributed by atoms with Crippen molar-refractivity contribution in [3.63, 3.8) is 0 Å². The lowest BCUT2D eigenvalue weighted by Crippen LogP contribution is -2.55. The normalized spacial score (nSPS) is 26.0. The van der Waals surface area contributed by atoms with E-state index in [4.69, 9.17) is 4.74 Å². The van der Waals surface area contributed by atoms with Crippen LogP contribution in [0.1, 0.15) is 34.6 Å². The summed E-state index contributed by atoms with van der Waals surface area (Å²) in [6, 6.07) is -0.778. The number of morpholine rings is 1. The lowest BCUT2D eigenvalue weighted by atomic mass is 10.1. The van der Waals surface area contributed by atoms with Gasteiger partial charge in [-0.15, -0.1) is 0 Å². The molecule has 0 unspecified atom stereocenters. The topological polar surface area (TPSA) is 70.7 Å². The summed E-state index contributed by atoms with van der Waals surface area (Å²) in [5.74, 6) is -0.278. The number of rotatable bonds is 3. The van der Waals surface area contributed by atoms with Crippen molar-refractivity contribution >= 4 is 11.9 Å². The molecule has 0 aromatic rings. The van der Waals surface area contributed by atoms with Gasteiger partial charge in [0.05, 0.1) is 18.2 Å². The van der Waals surface area contributed by atoms with E-state index in [0.717, 1.165) is 0 Å². The number of amides is 3. The summed E-state index contributed by atoms with van der Waals surface area (Å²) in [4.78, 5) is 25.5. The zero-order valence-corrected chi connectivity index (χ0v) is 12.4. The highest BCUT2D eigenvalue weighted by atomic mass is 16.5. The Morgan fingerprint density at radius 1 is 1.16 bits per heavy atom. The number of nitrogens with one attached hydrogen (secondary N) is 2. The monoisotopic (exact) mass is 271 g/mol. The molecule has 1 heterocycles. The second kappa shape index (κ2) is 6.86. The Balaban J connectivity index is 2.49. The van der Waals surface area contributed by atoms with E-state index in [2.05, 4.69) is 10.6 Å². The first-order valence-electron chi connectivity index (χ1n) is 6.80. The molecule has 110 valence electrons. The molecule has 1 saturated heterocycles. The Kier molecular flexibility index (Phi) is 5.75. The summed E-state index contributed by atoms with van der Waals surface area (Å²) >= 11 is 0. The van der Waals surface area contributed by atoms with E-state index in [0.29, 0.717) is 13.1 Å². The molecule has 2 N–H and O–H groups in total. The van der Waals surface area contributed by atoms with Gasteiger partial charge in [-0.2, -0.15) is 0 Å². The Labute approximate surface area is 114 Å². The lowest BCUT2D eigenvalue weighted by molar-refractivity contribution is -0.130. The molecule has 1 rings (SSSR count). The van der Waals surface area contributed by atoms with E-state index in [1.165, 1.54) is 0 Å². The van der Waals surface area contributed by atoms with Gasteiger partial charge in [0.1, 0.15) is 0 Å². The van der Waals surface area contributed by atoms with Crippen LogP contribution in [0.3, 0.4) is 0 Å². The molecule has 0 aromatic heterocycles. The van der Waals surface area contributed by atoms with E-state index in [9.17, 15) is 9.59 Å². The third kappa shape index (κ3) is 5.16. The molecule has 0 aliphatic carbocycles. The molecule has 1 aliphatic rings. The van der Waals surface area contributed by atoms with Crippen molar-refractivity contribution in [1.82, 2.24) is 15.5 Å². The van der Waals surface area contributed by atoms with Gasteiger partial charge in [0.15, 0.2) is 0 Å². The number of carbonyl (C=O) groups is 2. The lowest BCUT2D eigenvalue weighted by Gasteiger charge is -2.38. The summed E-state index contributed by atoms with van der Waals surface area (Å²) in [5.41, 5.74) is 0. The predicted molar refractivity (Wildman–Crippen MR) is 72.9 cm³/mol. The molecule has 6 nitrogen and oxygen atoms in total. The number of carbonyl (C=O) groups excluding carboxylic acids is 2. The molecule has 1 fully saturated rings. The maximum absolute atomic E-state index is 12.0. The van der Waals surface area contributed by atoms with Crippen molar-refractivity contribution in [2.45, 2.75) is 58.9 Å². The van der Waals surface area contributed by atoms with Crippen molar-refractivity contribution in [1.29, 1.82) is 0 Å². The van der Waals surface area contributed by atoms with Crippen molar-refractivity contribution in [2.75, 3.05) is 13.1 Å². The van der Waals surface area contributed by atoms with Crippen LogP contribution in [0.2, 0.25) is 0 Å². The SMILES string of the molecule is CC(C)NC(=O)NC(=O)[C@H](C)N1C[C@@H](C)O[C@H](C)C1. The molecule has 0 spiro atoms. The first-order valence-corrected chi connectivity index (χ1v) is 6.80. The number of ether oxygens (including phenoxy) is 1. The zero-order valence-electron chi connectivity index (χ0n) is 12.4. The molecule has 0 aromatic carbocycles. The Morgan fingerprint density at radius 3 is 2.16 bits per heavy atom. The fourth-order valence-corrected chi connectivity index (χ4v) is 2.21. The van der Waals surface area contributed by atoms with Crippen LogP contribution in [0.15, 0.2) is 0 Å². The van der Waals surface area contributed by atoms with E-state index in [-0.39, 0.29) is 30.2 Å². The quantitative estimate of drug-likeness (QED) is 0.793. The van der Waals surface area contributed by atoms with Crippen molar-refractivity contribution < 1.29 is 14.3 Å². The average molecular weight is 271 g/mol. The van der Waals surface area contributed by atoms with Crippen molar-refractivity contribution in [3.8, 4) is 0 Å². The fraction of sp³-hybridized carbons (Fsp3) is 0.846. The number of hydrogen-bond acceptors (Lipinski definition) is 4. The van der Waals surface area contributed by atoms with Gasteiger partial charge < -0.3 is 10.1 Å². The van der Waals surface area contributed by atoms with Gasteiger partial charge in [-0.1, -0.05) is 0 Å². The first kappa shape index (κ1) is 15.9. The minimum atomic E-state index is -0.443. The maximum Gasteiger partial charge on any atom is 0.321 e. The number of nitrogens with zero attached hydrogens (tertiary/aromatic N) is 1. The second-order valence-corrected chi connectivity index (χ2v) is 5.50. The van der Waals surface area contributed by atoms with Gasteiger partial charge in [0, 0.05) is 19.1 Å². The standard InChI is InChI=1S/C13H25N3O3/c1-8(2)14-13(18)15-12(17)11(5)16-6-9(3)19-10(4)7-16/h8-11H,6-7H2,1-5H3,(H2,14,15,17,18)/t9-,10-,11+/m1/s1. The van der Waals surface area contributed by atoms with Crippen LogP contribution in [0, 0.1) is 0 Å². The van der Waals surface area contributed by atoms with Crippen molar-refractivity contribution in [3.05, 3.63) is 0 Å². The van der Waals surface area contributed by atoms with Crippen molar-refractivity contribution in [2.24, 2.45) is 0 Å². The van der Waals surface area contributed by atoms with Crippen LogP contribution in [0.5, 0.6) is 0 Å². The molecule has 6 heteroatoms. The molecule has 3 atom stereocenters. The molecule has 1 aliphatic heterocycles. The zero-order chi connectivity index (χ0) is 14.6. The molecule has 0 bridgehead atoms. The molecular weight excluding hydrogens is 246 g/mol. The smallest absolute Gasteiger partial charge is 0.321 e. The van der Waals surface area contributed by atoms with Gasteiger partial charge in [0.2, 0.25) is 5.91 Å². The van der Waals surface area contributed by atoms with Crippen LogP contribution in [0.25, 0.3) is 0 Å². The summed E-state index contributed by atoms with van der Waals surface area (Å²) in [6.07, 6.45) is 0.201. The number of hydrogen-bond donors (Lipinski definition) is 2. The predicted octanol–water partition coefficient (Wildman–Crippen LogP) is 0.718. The highest BCUT2D eigenvalue weighted by Gasteiger charge is 2.29. The van der Waals surface area contributed by atoms with Gasteiger partial charge in [-0.3, -0.25) is 15.0 Å². The molecule has 19 heavy (non-hydrogen) atoms. The largest absolute Gasteiger partial charge is 0.373 e. The minimum absolute atomic E-state index is 0.00605. The molecule has 0 radical (unpaired) electrons. The minimum Gasteiger partial charge on any atom is -0.373 e. The number of urea groups is 1. The second-order valence-electron chi connectivity index (χ2n) is 5.50. The van der Waals surface area contributed by atoms with E-state index < -0.39 is 6.03 Å². The Hall–Kier alpha value is -1.14. The van der Waals surface area contributed by atoms with Gasteiger partial charge in [-0.25, -0.2) is 4.79 Å². The summed E-state index contributed by atoms with van der Waals surface area (Å²) in [6.45, 7) is 10.9. The number of imide groups is 1. The molecule has 3 amide bonds. The van der Waals surface area contributed by atoms with Crippen LogP contribution in [-0.2, 0) is 9.53 Å². The maximum atomic E-state index is 12.0. The average Bonchev–Trinajstić information content (AvgIpc) is 2.25. The summed E-state index contributed by atoms with van der Waals surface area (Å²) < 4.78 is 5.63. The van der Waals surface area contributed by atoms with Gasteiger partial charge >= 0.3 is 6.03 Å². The Bertz CT molecular complexity index is 323. The van der Waals surface area contributed by atoms with Gasteiger partial charge in [-0.05, 0) is 34.6 Å². The van der Waals surface area contributed by atoms with Crippen LogP contribution >= 0.6 is 0 Å². The Morgan fingerprint density at radius 2 is 1.68 bits per heavy atom. The van der Waals surface area contributed by atoms with E-state index in [1.807, 2.05) is 39.5 Å². The highest BCUT2D eigenvalue weighted by Crippen LogP contribution is 2.13. The van der Waals surface area contributed by atoms with Gasteiger partial charge in [0.25, 0.3) is 0 Å².